The van der Waals surface area contributed by atoms with Crippen LogP contribution in [-0.4, -0.2) is 42.3 Å². The molecule has 0 saturated carbocycles. The van der Waals surface area contributed by atoms with Crippen LogP contribution in [0.15, 0.2) is 28.7 Å². The zero-order valence-corrected chi connectivity index (χ0v) is 16.3. The highest BCUT2D eigenvalue weighted by atomic mass is 79.9. The molecule has 1 heterocycles. The Morgan fingerprint density at radius 2 is 1.68 bits per heavy atom. The summed E-state index contributed by atoms with van der Waals surface area (Å²) in [6.45, 7) is 5.42. The number of Topliss-reactive ketones (excluding diaryl/α,β-unsaturated/α-hetero) is 1. The molecule has 1 fully saturated rings. The third-order valence-electron chi connectivity index (χ3n) is 4.30. The summed E-state index contributed by atoms with van der Waals surface area (Å²) in [6.07, 6.45) is 1.17. The van der Waals surface area contributed by atoms with Crippen molar-refractivity contribution < 1.29 is 19.1 Å². The van der Waals surface area contributed by atoms with Gasteiger partial charge in [0.2, 0.25) is 0 Å². The molecule has 2 atom stereocenters. The summed E-state index contributed by atoms with van der Waals surface area (Å²) in [5.41, 5.74) is 0.559. The van der Waals surface area contributed by atoms with Crippen LogP contribution in [0.5, 0.6) is 0 Å². The minimum atomic E-state index is -0.517. The summed E-state index contributed by atoms with van der Waals surface area (Å²) in [5.74, 6) is 0.135. The Morgan fingerprint density at radius 1 is 1.08 bits per heavy atom. The van der Waals surface area contributed by atoms with E-state index in [1.54, 1.807) is 29.2 Å². The van der Waals surface area contributed by atoms with E-state index in [0.29, 0.717) is 30.5 Å². The summed E-state index contributed by atoms with van der Waals surface area (Å²) in [4.78, 5) is 37.7. The van der Waals surface area contributed by atoms with Crippen molar-refractivity contribution in [2.75, 3.05) is 19.7 Å². The number of ether oxygens (including phenoxy) is 1. The van der Waals surface area contributed by atoms with Crippen molar-refractivity contribution in [3.8, 4) is 0 Å². The molecule has 0 N–H and O–H groups in total. The summed E-state index contributed by atoms with van der Waals surface area (Å²) >= 11 is 3.31. The van der Waals surface area contributed by atoms with Crippen molar-refractivity contribution >= 4 is 33.6 Å². The molecule has 1 saturated heterocycles. The predicted octanol–water partition coefficient (Wildman–Crippen LogP) is 3.46. The number of esters is 1. The maximum Gasteiger partial charge on any atom is 0.306 e. The largest absolute Gasteiger partial charge is 0.456 e. The first-order valence-corrected chi connectivity index (χ1v) is 9.36. The van der Waals surface area contributed by atoms with Gasteiger partial charge in [-0.05, 0) is 30.4 Å². The maximum absolute atomic E-state index is 12.2. The van der Waals surface area contributed by atoms with Gasteiger partial charge >= 0.3 is 5.97 Å². The minimum absolute atomic E-state index is 0.0189. The van der Waals surface area contributed by atoms with E-state index in [9.17, 15) is 14.4 Å². The number of hydrogen-bond acceptors (Lipinski definition) is 4. The second kappa shape index (κ2) is 9.13. The van der Waals surface area contributed by atoms with Crippen LogP contribution in [0.3, 0.4) is 0 Å². The lowest BCUT2D eigenvalue weighted by Crippen LogP contribution is -2.44. The van der Waals surface area contributed by atoms with Crippen molar-refractivity contribution in [3.63, 3.8) is 0 Å². The first-order chi connectivity index (χ1) is 11.8. The van der Waals surface area contributed by atoms with Crippen molar-refractivity contribution in [3.05, 3.63) is 34.3 Å². The number of ketones is 1. The Labute approximate surface area is 156 Å². The molecule has 0 spiro atoms. The van der Waals surface area contributed by atoms with Crippen molar-refractivity contribution in [1.82, 2.24) is 4.90 Å². The number of likely N-dealkylation sites (tertiary alicyclic amines) is 1. The fourth-order valence-electron chi connectivity index (χ4n) is 3.17. The van der Waals surface area contributed by atoms with Gasteiger partial charge in [0, 0.05) is 29.5 Å². The number of carbonyl (C=O) groups is 3. The Balaban J connectivity index is 1.72. The number of amides is 1. The van der Waals surface area contributed by atoms with Crippen LogP contribution in [0.4, 0.5) is 0 Å². The molecule has 25 heavy (non-hydrogen) atoms. The van der Waals surface area contributed by atoms with Gasteiger partial charge in [-0.1, -0.05) is 41.9 Å². The molecular weight excluding hydrogens is 386 g/mol. The summed E-state index contributed by atoms with van der Waals surface area (Å²) < 4.78 is 5.94. The van der Waals surface area contributed by atoms with E-state index in [1.165, 1.54) is 0 Å². The molecular formula is C19H24BrNO4. The zero-order chi connectivity index (χ0) is 18.4. The third kappa shape index (κ3) is 6.27. The first-order valence-electron chi connectivity index (χ1n) is 8.57. The minimum Gasteiger partial charge on any atom is -0.456 e. The van der Waals surface area contributed by atoms with Crippen LogP contribution >= 0.6 is 15.9 Å². The van der Waals surface area contributed by atoms with Gasteiger partial charge in [0.05, 0.1) is 6.42 Å². The normalized spacial score (nSPS) is 20.2. The first kappa shape index (κ1) is 19.6. The lowest BCUT2D eigenvalue weighted by atomic mass is 9.92. The summed E-state index contributed by atoms with van der Waals surface area (Å²) in [5, 5.41) is 0. The van der Waals surface area contributed by atoms with E-state index in [1.807, 2.05) is 0 Å². The molecule has 2 unspecified atom stereocenters. The number of hydrogen-bond donors (Lipinski definition) is 0. The molecule has 1 aromatic carbocycles. The zero-order valence-electron chi connectivity index (χ0n) is 14.7. The lowest BCUT2D eigenvalue weighted by molar-refractivity contribution is -0.153. The summed E-state index contributed by atoms with van der Waals surface area (Å²) in [7, 11) is 0. The Bertz CT molecular complexity index is 619. The molecule has 1 amide bonds. The average Bonchev–Trinajstić information content (AvgIpc) is 2.57. The Hall–Kier alpha value is -1.69. The molecule has 1 aliphatic rings. The fourth-order valence-corrected chi connectivity index (χ4v) is 3.43. The number of benzene rings is 1. The Morgan fingerprint density at radius 3 is 2.28 bits per heavy atom. The van der Waals surface area contributed by atoms with Crippen LogP contribution in [0.1, 0.15) is 43.5 Å². The van der Waals surface area contributed by atoms with Crippen LogP contribution in [0.2, 0.25) is 0 Å². The number of nitrogens with zero attached hydrogens (tertiary/aromatic N) is 1. The smallest absolute Gasteiger partial charge is 0.306 e. The SMILES string of the molecule is CC1CC(C)CN(C(=O)COC(=O)CCC(=O)c2ccc(Br)cc2)C1. The van der Waals surface area contributed by atoms with Crippen LogP contribution < -0.4 is 0 Å². The maximum atomic E-state index is 12.2. The molecule has 0 aliphatic carbocycles. The van der Waals surface area contributed by atoms with Gasteiger partial charge in [0.25, 0.3) is 5.91 Å². The molecule has 0 radical (unpaired) electrons. The van der Waals surface area contributed by atoms with Gasteiger partial charge in [0.1, 0.15) is 0 Å². The fraction of sp³-hybridized carbons (Fsp3) is 0.526. The third-order valence-corrected chi connectivity index (χ3v) is 4.83. The number of piperidine rings is 1. The average molecular weight is 410 g/mol. The quantitative estimate of drug-likeness (QED) is 0.532. The lowest BCUT2D eigenvalue weighted by Gasteiger charge is -2.34. The van der Waals surface area contributed by atoms with Crippen LogP contribution in [0.25, 0.3) is 0 Å². The van der Waals surface area contributed by atoms with E-state index in [-0.39, 0.29) is 31.1 Å². The highest BCUT2D eigenvalue weighted by molar-refractivity contribution is 9.10. The van der Waals surface area contributed by atoms with Gasteiger partial charge < -0.3 is 9.64 Å². The van der Waals surface area contributed by atoms with Gasteiger partial charge in [-0.25, -0.2) is 0 Å². The predicted molar refractivity (Wildman–Crippen MR) is 98.2 cm³/mol. The second-order valence-corrected chi connectivity index (χ2v) is 7.75. The molecule has 1 aliphatic heterocycles. The van der Waals surface area contributed by atoms with Gasteiger partial charge in [0.15, 0.2) is 12.4 Å². The standard InChI is InChI=1S/C19H24BrNO4/c1-13-9-14(2)11-21(10-13)18(23)12-25-19(24)8-7-17(22)15-3-5-16(20)6-4-15/h3-6,13-14H,7-12H2,1-2H3. The highest BCUT2D eigenvalue weighted by Gasteiger charge is 2.25. The van der Waals surface area contributed by atoms with E-state index in [4.69, 9.17) is 4.74 Å². The molecule has 136 valence electrons. The van der Waals surface area contributed by atoms with Gasteiger partial charge in [-0.2, -0.15) is 0 Å². The molecule has 1 aromatic rings. The van der Waals surface area contributed by atoms with Crippen molar-refractivity contribution in [2.24, 2.45) is 11.8 Å². The molecule has 5 nitrogen and oxygen atoms in total. The monoisotopic (exact) mass is 409 g/mol. The van der Waals surface area contributed by atoms with Crippen LogP contribution in [0, 0.1) is 11.8 Å². The topological polar surface area (TPSA) is 63.7 Å². The van der Waals surface area contributed by atoms with Crippen molar-refractivity contribution in [1.29, 1.82) is 0 Å². The van der Waals surface area contributed by atoms with Gasteiger partial charge in [-0.3, -0.25) is 14.4 Å². The highest BCUT2D eigenvalue weighted by Crippen LogP contribution is 2.21. The van der Waals surface area contributed by atoms with Crippen LogP contribution in [-0.2, 0) is 14.3 Å². The van der Waals surface area contributed by atoms with E-state index in [0.717, 1.165) is 10.9 Å². The van der Waals surface area contributed by atoms with E-state index in [2.05, 4.69) is 29.8 Å². The molecule has 0 aromatic heterocycles. The molecule has 6 heteroatoms. The molecule has 2 rings (SSSR count). The van der Waals surface area contributed by atoms with Crippen molar-refractivity contribution in [2.45, 2.75) is 33.1 Å². The summed E-state index contributed by atoms with van der Waals surface area (Å²) in [6, 6.07) is 6.98. The molecule has 0 bridgehead atoms. The second-order valence-electron chi connectivity index (χ2n) is 6.84. The number of rotatable bonds is 6. The van der Waals surface area contributed by atoms with E-state index >= 15 is 0 Å². The Kier molecular flexibility index (Phi) is 7.17. The van der Waals surface area contributed by atoms with E-state index < -0.39 is 5.97 Å². The van der Waals surface area contributed by atoms with Gasteiger partial charge in [-0.15, -0.1) is 0 Å². The number of halogens is 1. The number of carbonyl (C=O) groups excluding carboxylic acids is 3.